The second kappa shape index (κ2) is 9.66. The second-order valence-corrected chi connectivity index (χ2v) is 9.61. The van der Waals surface area contributed by atoms with E-state index < -0.39 is 11.4 Å². The van der Waals surface area contributed by atoms with Crippen LogP contribution in [0.15, 0.2) is 48.7 Å². The van der Waals surface area contributed by atoms with Gasteiger partial charge in [-0.05, 0) is 60.9 Å². The van der Waals surface area contributed by atoms with Gasteiger partial charge < -0.3 is 15.8 Å². The van der Waals surface area contributed by atoms with Crippen LogP contribution in [0.3, 0.4) is 0 Å². The number of nitrogens with zero attached hydrogens (tertiary/aromatic N) is 1. The quantitative estimate of drug-likeness (QED) is 0.500. The van der Waals surface area contributed by atoms with Gasteiger partial charge in [0, 0.05) is 30.8 Å². The van der Waals surface area contributed by atoms with Crippen LogP contribution < -0.4 is 11.1 Å². The molecule has 5 unspecified atom stereocenters. The zero-order chi connectivity index (χ0) is 24.5. The van der Waals surface area contributed by atoms with Gasteiger partial charge in [-0.25, -0.2) is 4.39 Å². The van der Waals surface area contributed by atoms with Crippen LogP contribution in [0.2, 0.25) is 0 Å². The van der Waals surface area contributed by atoms with Crippen molar-refractivity contribution < 1.29 is 18.7 Å². The van der Waals surface area contributed by atoms with E-state index in [0.717, 1.165) is 16.8 Å². The van der Waals surface area contributed by atoms with Gasteiger partial charge in [0.1, 0.15) is 11.9 Å². The molecule has 4 rings (SSSR count). The molecule has 7 heteroatoms. The Bertz CT molecular complexity index is 1090. The Balaban J connectivity index is 1.62. The predicted molar refractivity (Wildman–Crippen MR) is 129 cm³/mol. The normalized spacial score (nSPS) is 30.7. The summed E-state index contributed by atoms with van der Waals surface area (Å²) >= 11 is 0. The number of benzene rings is 1. The molecular formula is C27H32FN3O3. The minimum Gasteiger partial charge on any atom is -0.461 e. The number of hydrogen-bond donors (Lipinski definition) is 2. The Kier molecular flexibility index (Phi) is 6.84. The third-order valence-electron chi connectivity index (χ3n) is 7.56. The van der Waals surface area contributed by atoms with E-state index in [9.17, 15) is 14.0 Å². The molecule has 1 saturated carbocycles. The topological polar surface area (TPSA) is 94.3 Å². The summed E-state index contributed by atoms with van der Waals surface area (Å²) in [6, 6.07) is 10.2. The molecule has 34 heavy (non-hydrogen) atoms. The van der Waals surface area contributed by atoms with Crippen LogP contribution in [0.25, 0.3) is 17.2 Å². The van der Waals surface area contributed by atoms with Gasteiger partial charge in [0.05, 0.1) is 5.69 Å². The van der Waals surface area contributed by atoms with Gasteiger partial charge in [0.2, 0.25) is 5.91 Å². The smallest absolute Gasteiger partial charge is 0.322 e. The van der Waals surface area contributed by atoms with Crippen molar-refractivity contribution in [2.45, 2.75) is 33.3 Å². The average molecular weight is 466 g/mol. The molecule has 2 fully saturated rings. The van der Waals surface area contributed by atoms with Gasteiger partial charge in [-0.3, -0.25) is 14.6 Å². The molecule has 1 saturated heterocycles. The number of carbonyl (C=O) groups is 2. The molecule has 2 heterocycles. The number of cyclic esters (lactones) is 1. The molecule has 0 bridgehead atoms. The van der Waals surface area contributed by atoms with Gasteiger partial charge in [0.25, 0.3) is 0 Å². The number of rotatable bonds is 6. The number of fused-ring (bicyclic) bond motifs is 1. The highest BCUT2D eigenvalue weighted by molar-refractivity contribution is 6.04. The van der Waals surface area contributed by atoms with Crippen LogP contribution >= 0.6 is 0 Å². The molecule has 6 nitrogen and oxygen atoms in total. The first-order valence-electron chi connectivity index (χ1n) is 11.9. The van der Waals surface area contributed by atoms with Crippen molar-refractivity contribution in [3.8, 4) is 11.1 Å². The first-order valence-corrected chi connectivity index (χ1v) is 11.9. The minimum absolute atomic E-state index is 0.0430. The van der Waals surface area contributed by atoms with Crippen LogP contribution in [0.1, 0.15) is 32.9 Å². The SMILES string of the molecule is CC1C[C@@]2(C(=O)NCCN)C(=O)OC(C)C2C(/C=C/c2ccc(-c3cccc(F)c3)cn2)C1C. The van der Waals surface area contributed by atoms with Crippen LogP contribution in [0.5, 0.6) is 0 Å². The average Bonchev–Trinajstić information content (AvgIpc) is 3.08. The van der Waals surface area contributed by atoms with E-state index in [2.05, 4.69) is 30.2 Å². The first-order chi connectivity index (χ1) is 16.3. The van der Waals surface area contributed by atoms with Crippen LogP contribution in [0.4, 0.5) is 4.39 Å². The summed E-state index contributed by atoms with van der Waals surface area (Å²) in [5, 5.41) is 2.84. The number of ether oxygens (including phenoxy) is 1. The highest BCUT2D eigenvalue weighted by atomic mass is 19.1. The van der Waals surface area contributed by atoms with E-state index in [0.29, 0.717) is 19.5 Å². The summed E-state index contributed by atoms with van der Waals surface area (Å²) in [6.45, 7) is 6.75. The summed E-state index contributed by atoms with van der Waals surface area (Å²) in [7, 11) is 0. The maximum Gasteiger partial charge on any atom is 0.322 e. The Morgan fingerprint density at radius 3 is 2.74 bits per heavy atom. The fourth-order valence-corrected chi connectivity index (χ4v) is 5.67. The van der Waals surface area contributed by atoms with E-state index in [1.165, 1.54) is 12.1 Å². The number of hydrogen-bond acceptors (Lipinski definition) is 5. The van der Waals surface area contributed by atoms with E-state index in [-0.39, 0.29) is 41.5 Å². The van der Waals surface area contributed by atoms with Gasteiger partial charge >= 0.3 is 5.97 Å². The number of amides is 1. The molecule has 3 N–H and O–H groups in total. The standard InChI is InChI=1S/C27H32FN3O3/c1-16-14-27(25(32)30-12-11-29)24(18(3)34-26(27)33)23(17(16)2)10-9-22-8-7-20(15-31-22)19-5-4-6-21(28)13-19/h4-10,13,15-18,23-24H,11-12,14,29H2,1-3H3,(H,30,32)/b10-9+/t16?,17?,18?,23?,24?,27-/m1/s1. The second-order valence-electron chi connectivity index (χ2n) is 9.61. The maximum atomic E-state index is 13.5. The maximum absolute atomic E-state index is 13.5. The van der Waals surface area contributed by atoms with Crippen LogP contribution in [0, 0.1) is 34.9 Å². The van der Waals surface area contributed by atoms with Crippen molar-refractivity contribution >= 4 is 18.0 Å². The summed E-state index contributed by atoms with van der Waals surface area (Å²) < 4.78 is 19.2. The van der Waals surface area contributed by atoms with Crippen LogP contribution in [-0.2, 0) is 14.3 Å². The molecule has 180 valence electrons. The van der Waals surface area contributed by atoms with Crippen LogP contribution in [-0.4, -0.2) is 36.1 Å². The number of pyridine rings is 1. The Morgan fingerprint density at radius 2 is 2.06 bits per heavy atom. The van der Waals surface area contributed by atoms with Gasteiger partial charge in [-0.15, -0.1) is 0 Å². The largest absolute Gasteiger partial charge is 0.461 e. The lowest BCUT2D eigenvalue weighted by Crippen LogP contribution is -2.56. The number of aromatic nitrogens is 1. The fourth-order valence-electron chi connectivity index (χ4n) is 5.67. The zero-order valence-corrected chi connectivity index (χ0v) is 19.8. The molecule has 0 radical (unpaired) electrons. The molecule has 1 aliphatic carbocycles. The van der Waals surface area contributed by atoms with E-state index in [4.69, 9.17) is 10.5 Å². The number of carbonyl (C=O) groups excluding carboxylic acids is 2. The molecule has 1 aliphatic heterocycles. The van der Waals surface area contributed by atoms with E-state index >= 15 is 0 Å². The summed E-state index contributed by atoms with van der Waals surface area (Å²) in [5.74, 6) is -0.925. The minimum atomic E-state index is -1.20. The third-order valence-corrected chi connectivity index (χ3v) is 7.56. The lowest BCUT2D eigenvalue weighted by Gasteiger charge is -2.46. The van der Waals surface area contributed by atoms with E-state index in [1.807, 2.05) is 31.2 Å². The van der Waals surface area contributed by atoms with Crippen molar-refractivity contribution in [1.82, 2.24) is 10.3 Å². The molecule has 1 aromatic heterocycles. The Hall–Kier alpha value is -3.06. The predicted octanol–water partition coefficient (Wildman–Crippen LogP) is 3.82. The highest BCUT2D eigenvalue weighted by Crippen LogP contribution is 2.56. The molecule has 2 aromatic rings. The van der Waals surface area contributed by atoms with Crippen molar-refractivity contribution in [1.29, 1.82) is 0 Å². The van der Waals surface area contributed by atoms with Crippen molar-refractivity contribution in [2.24, 2.45) is 34.8 Å². The summed E-state index contributed by atoms with van der Waals surface area (Å²) in [4.78, 5) is 30.8. The summed E-state index contributed by atoms with van der Waals surface area (Å²) in [6.07, 6.45) is 5.81. The highest BCUT2D eigenvalue weighted by Gasteiger charge is 2.66. The fraction of sp³-hybridized carbons (Fsp3) is 0.444. The number of halogens is 1. The molecule has 1 aromatic carbocycles. The number of nitrogens with two attached hydrogens (primary N) is 1. The van der Waals surface area contributed by atoms with E-state index in [1.54, 1.807) is 12.3 Å². The number of nitrogens with one attached hydrogen (secondary N) is 1. The van der Waals surface area contributed by atoms with Gasteiger partial charge in [-0.2, -0.15) is 0 Å². The summed E-state index contributed by atoms with van der Waals surface area (Å²) in [5.41, 5.74) is 6.72. The molecule has 1 amide bonds. The monoisotopic (exact) mass is 465 g/mol. The zero-order valence-electron chi connectivity index (χ0n) is 19.8. The van der Waals surface area contributed by atoms with Crippen molar-refractivity contribution in [2.75, 3.05) is 13.1 Å². The number of allylic oxidation sites excluding steroid dienone is 1. The molecule has 2 aliphatic rings. The van der Waals surface area contributed by atoms with Crippen molar-refractivity contribution in [3.05, 3.63) is 60.2 Å². The lowest BCUT2D eigenvalue weighted by molar-refractivity contribution is -0.157. The Morgan fingerprint density at radius 1 is 1.26 bits per heavy atom. The molecule has 6 atom stereocenters. The van der Waals surface area contributed by atoms with Gasteiger partial charge in [-0.1, -0.05) is 38.1 Å². The van der Waals surface area contributed by atoms with Gasteiger partial charge in [0.15, 0.2) is 5.41 Å². The molecular weight excluding hydrogens is 433 g/mol. The van der Waals surface area contributed by atoms with Crippen molar-refractivity contribution in [3.63, 3.8) is 0 Å². The Labute approximate surface area is 199 Å². The molecule has 0 spiro atoms. The first kappa shape index (κ1) is 24.1. The number of esters is 1. The third kappa shape index (κ3) is 4.25. The lowest BCUT2D eigenvalue weighted by atomic mass is 9.54.